The second-order valence-corrected chi connectivity index (χ2v) is 8.47. The first-order valence-corrected chi connectivity index (χ1v) is 12.1. The third-order valence-electron chi connectivity index (χ3n) is 5.56. The van der Waals surface area contributed by atoms with E-state index in [4.69, 9.17) is 11.6 Å². The third kappa shape index (κ3) is 7.41. The van der Waals surface area contributed by atoms with Gasteiger partial charge in [-0.2, -0.15) is 0 Å². The highest BCUT2D eigenvalue weighted by Gasteiger charge is 2.11. The predicted molar refractivity (Wildman–Crippen MR) is 140 cm³/mol. The number of hydrogen-bond donors (Lipinski definition) is 4. The van der Waals surface area contributed by atoms with Crippen LogP contribution in [0, 0.1) is 0 Å². The van der Waals surface area contributed by atoms with E-state index in [-0.39, 0.29) is 0 Å². The Labute approximate surface area is 211 Å². The van der Waals surface area contributed by atoms with Gasteiger partial charge < -0.3 is 5.73 Å². The minimum Gasteiger partial charge on any atom is -0.401 e. The Morgan fingerprint density at radius 2 is 1.53 bits per heavy atom. The van der Waals surface area contributed by atoms with Gasteiger partial charge in [-0.3, -0.25) is 25.4 Å². The van der Waals surface area contributed by atoms with Crippen molar-refractivity contribution in [3.8, 4) is 5.69 Å². The van der Waals surface area contributed by atoms with Gasteiger partial charge in [-0.1, -0.05) is 31.9 Å². The lowest BCUT2D eigenvalue weighted by Gasteiger charge is -2.15. The summed E-state index contributed by atoms with van der Waals surface area (Å²) in [5, 5.41) is 9.73. The van der Waals surface area contributed by atoms with Gasteiger partial charge in [0.25, 0.3) is 11.8 Å². The molecule has 0 bridgehead atoms. The van der Waals surface area contributed by atoms with Crippen molar-refractivity contribution < 1.29 is 9.59 Å². The minimum atomic E-state index is -0.449. The number of hydrogen-bond acceptors (Lipinski definition) is 7. The van der Waals surface area contributed by atoms with Gasteiger partial charge in [0.2, 0.25) is 0 Å². The van der Waals surface area contributed by atoms with Gasteiger partial charge in [-0.05, 0) is 74.2 Å². The van der Waals surface area contributed by atoms with E-state index < -0.39 is 11.8 Å². The average Bonchev–Trinajstić information content (AvgIpc) is 3.38. The van der Waals surface area contributed by atoms with Crippen LogP contribution in [-0.2, 0) is 6.42 Å². The van der Waals surface area contributed by atoms with Gasteiger partial charge in [0.15, 0.2) is 0 Å². The maximum absolute atomic E-state index is 12.5. The Balaban J connectivity index is 1.52. The molecule has 10 nitrogen and oxygen atoms in total. The van der Waals surface area contributed by atoms with Crippen molar-refractivity contribution >= 4 is 17.5 Å². The first-order valence-electron chi connectivity index (χ1n) is 12.1. The molecule has 2 aromatic carbocycles. The molecule has 0 radical (unpaired) electrons. The molecule has 1 heterocycles. The SMILES string of the molecule is CCCC/C(N)=C/N(N)c1ccc(C(=O)NNC(=O)c2ccc(-n3cc(CCCC)nn3)cc2)cc1. The summed E-state index contributed by atoms with van der Waals surface area (Å²) in [6, 6.07) is 13.5. The van der Waals surface area contributed by atoms with Gasteiger partial charge in [0.1, 0.15) is 0 Å². The van der Waals surface area contributed by atoms with E-state index in [1.807, 2.05) is 6.20 Å². The van der Waals surface area contributed by atoms with Gasteiger partial charge in [-0.15, -0.1) is 5.10 Å². The largest absolute Gasteiger partial charge is 0.401 e. The molecule has 0 atom stereocenters. The lowest BCUT2D eigenvalue weighted by molar-refractivity contribution is 0.0846. The normalized spacial score (nSPS) is 11.2. The van der Waals surface area contributed by atoms with Crippen molar-refractivity contribution in [1.29, 1.82) is 0 Å². The Morgan fingerprint density at radius 1 is 0.944 bits per heavy atom. The topological polar surface area (TPSA) is 144 Å². The predicted octanol–water partition coefficient (Wildman–Crippen LogP) is 3.36. The summed E-state index contributed by atoms with van der Waals surface area (Å²) < 4.78 is 1.68. The number of nitrogens with one attached hydrogen (secondary N) is 2. The van der Waals surface area contributed by atoms with E-state index in [0.29, 0.717) is 22.5 Å². The quantitative estimate of drug-likeness (QED) is 0.238. The average molecular weight is 491 g/mol. The number of unbranched alkanes of at least 4 members (excludes halogenated alkanes) is 2. The lowest BCUT2D eigenvalue weighted by Crippen LogP contribution is -2.41. The first kappa shape index (κ1) is 26.4. The molecule has 6 N–H and O–H groups in total. The molecule has 2 amide bonds. The molecular weight excluding hydrogens is 456 g/mol. The molecule has 190 valence electrons. The Bertz CT molecular complexity index is 1170. The molecule has 0 unspecified atom stereocenters. The Hall–Kier alpha value is -4.18. The van der Waals surface area contributed by atoms with E-state index >= 15 is 0 Å². The molecule has 3 rings (SSSR count). The lowest BCUT2D eigenvalue weighted by atomic mass is 10.2. The summed E-state index contributed by atoms with van der Waals surface area (Å²) in [4.78, 5) is 24.9. The first-order chi connectivity index (χ1) is 17.4. The van der Waals surface area contributed by atoms with Gasteiger partial charge in [-0.25, -0.2) is 10.5 Å². The van der Waals surface area contributed by atoms with Crippen LogP contribution < -0.4 is 27.4 Å². The molecule has 0 spiro atoms. The summed E-state index contributed by atoms with van der Waals surface area (Å²) in [5.74, 6) is 5.15. The van der Waals surface area contributed by atoms with Crippen LogP contribution in [0.3, 0.4) is 0 Å². The van der Waals surface area contributed by atoms with E-state index in [1.165, 1.54) is 5.01 Å². The molecule has 36 heavy (non-hydrogen) atoms. The number of carbonyl (C=O) groups is 2. The van der Waals surface area contributed by atoms with E-state index in [2.05, 4.69) is 35.0 Å². The summed E-state index contributed by atoms with van der Waals surface area (Å²) in [7, 11) is 0. The number of amides is 2. The van der Waals surface area contributed by atoms with Gasteiger partial charge >= 0.3 is 0 Å². The van der Waals surface area contributed by atoms with Crippen LogP contribution in [0.25, 0.3) is 5.69 Å². The summed E-state index contributed by atoms with van der Waals surface area (Å²) in [5.41, 5.74) is 14.7. The van der Waals surface area contributed by atoms with Crippen molar-refractivity contribution in [2.24, 2.45) is 11.6 Å². The molecule has 0 aliphatic heterocycles. The second kappa shape index (κ2) is 13.1. The smallest absolute Gasteiger partial charge is 0.269 e. The maximum Gasteiger partial charge on any atom is 0.269 e. The van der Waals surface area contributed by atoms with Crippen LogP contribution in [0.2, 0.25) is 0 Å². The zero-order valence-electron chi connectivity index (χ0n) is 20.8. The number of aryl methyl sites for hydroxylation is 1. The summed E-state index contributed by atoms with van der Waals surface area (Å²) in [6.07, 6.45) is 9.41. The number of benzene rings is 2. The minimum absolute atomic E-state index is 0.371. The molecule has 1 aromatic heterocycles. The standard InChI is InChI=1S/C26H34N8O2/c1-3-5-7-21(27)17-33(28)23-13-9-19(10-14-23)25(35)30-31-26(36)20-11-15-24(16-12-20)34-18-22(29-32-34)8-6-4-2/h9-18H,3-8,27-28H2,1-2H3,(H,30,35)(H,31,36)/b21-17-. The third-order valence-corrected chi connectivity index (χ3v) is 5.56. The van der Waals surface area contributed by atoms with E-state index in [9.17, 15) is 9.59 Å². The Morgan fingerprint density at radius 3 is 2.11 bits per heavy atom. The highest BCUT2D eigenvalue weighted by Crippen LogP contribution is 2.15. The molecule has 10 heteroatoms. The number of rotatable bonds is 11. The monoisotopic (exact) mass is 490 g/mol. The fraction of sp³-hybridized carbons (Fsp3) is 0.308. The number of allylic oxidation sites excluding steroid dienone is 1. The fourth-order valence-corrected chi connectivity index (χ4v) is 3.40. The van der Waals surface area contributed by atoms with Crippen molar-refractivity contribution in [2.45, 2.75) is 52.4 Å². The van der Waals surface area contributed by atoms with Crippen LogP contribution in [0.5, 0.6) is 0 Å². The van der Waals surface area contributed by atoms with Crippen molar-refractivity contribution in [3.05, 3.63) is 83.4 Å². The molecule has 3 aromatic rings. The molecule has 0 fully saturated rings. The molecule has 0 saturated heterocycles. The van der Waals surface area contributed by atoms with Crippen molar-refractivity contribution in [3.63, 3.8) is 0 Å². The Kier molecular flexibility index (Phi) is 9.58. The summed E-state index contributed by atoms with van der Waals surface area (Å²) in [6.45, 7) is 4.23. The highest BCUT2D eigenvalue weighted by atomic mass is 16.2. The molecule has 0 saturated carbocycles. The van der Waals surface area contributed by atoms with Crippen molar-refractivity contribution in [1.82, 2.24) is 25.8 Å². The second-order valence-electron chi connectivity index (χ2n) is 8.47. The van der Waals surface area contributed by atoms with Gasteiger partial charge in [0.05, 0.1) is 23.3 Å². The number of hydrazine groups is 2. The molecule has 0 aliphatic carbocycles. The zero-order valence-corrected chi connectivity index (χ0v) is 20.8. The van der Waals surface area contributed by atoms with Gasteiger partial charge in [0, 0.05) is 23.0 Å². The molecule has 0 aliphatic rings. The van der Waals surface area contributed by atoms with Crippen LogP contribution in [0.15, 0.2) is 66.6 Å². The van der Waals surface area contributed by atoms with Crippen LogP contribution in [-0.4, -0.2) is 26.8 Å². The van der Waals surface area contributed by atoms with E-state index in [1.54, 1.807) is 59.4 Å². The number of anilines is 1. The van der Waals surface area contributed by atoms with Crippen LogP contribution >= 0.6 is 0 Å². The maximum atomic E-state index is 12.5. The number of nitrogens with two attached hydrogens (primary N) is 2. The summed E-state index contributed by atoms with van der Waals surface area (Å²) >= 11 is 0. The molecular formula is C26H34N8O2. The van der Waals surface area contributed by atoms with Crippen LogP contribution in [0.1, 0.15) is 72.4 Å². The fourth-order valence-electron chi connectivity index (χ4n) is 3.40. The zero-order chi connectivity index (χ0) is 25.9. The highest BCUT2D eigenvalue weighted by molar-refractivity contribution is 5.99. The van der Waals surface area contributed by atoms with Crippen molar-refractivity contribution in [2.75, 3.05) is 5.01 Å². The number of aromatic nitrogens is 3. The van der Waals surface area contributed by atoms with Crippen LogP contribution in [0.4, 0.5) is 5.69 Å². The number of carbonyl (C=O) groups excluding carboxylic acids is 2. The number of nitrogens with zero attached hydrogens (tertiary/aromatic N) is 4. The van der Waals surface area contributed by atoms with E-state index in [0.717, 1.165) is 49.9 Å².